The number of piperidine rings is 1. The molecule has 1 heterocycles. The first-order valence-electron chi connectivity index (χ1n) is 6.75. The molecule has 1 aliphatic heterocycles. The number of hydrogen-bond acceptors (Lipinski definition) is 2. The molecule has 0 saturated carbocycles. The Bertz CT molecular complexity index is 526. The predicted octanol–water partition coefficient (Wildman–Crippen LogP) is 2.92. The molecule has 8 heteroatoms. The smallest absolute Gasteiger partial charge is 0.416 e. The van der Waals surface area contributed by atoms with Gasteiger partial charge in [-0.15, -0.1) is 0 Å². The first-order chi connectivity index (χ1) is 10.2. The third-order valence-corrected chi connectivity index (χ3v) is 4.46. The van der Waals surface area contributed by atoms with Gasteiger partial charge in [0.2, 0.25) is 0 Å². The first kappa shape index (κ1) is 17.7. The zero-order valence-electron chi connectivity index (χ0n) is 11.5. The second-order valence-electron chi connectivity index (χ2n) is 5.16. The van der Waals surface area contributed by atoms with Gasteiger partial charge in [-0.1, -0.05) is 44.0 Å². The Morgan fingerprint density at radius 3 is 2.18 bits per heavy atom. The summed E-state index contributed by atoms with van der Waals surface area (Å²) in [4.78, 5) is 11.9. The summed E-state index contributed by atoms with van der Waals surface area (Å²) in [5, 5.41) is 2.09. The Balaban J connectivity index is 2.31. The number of esters is 1. The number of carbonyl (C=O) groups is 1. The summed E-state index contributed by atoms with van der Waals surface area (Å²) in [5.41, 5.74) is -0.975. The number of benzene rings is 1. The molecule has 0 unspecified atom stereocenters. The van der Waals surface area contributed by atoms with Gasteiger partial charge < -0.3 is 10.1 Å². The van der Waals surface area contributed by atoms with E-state index in [1.165, 1.54) is 12.1 Å². The van der Waals surface area contributed by atoms with Gasteiger partial charge in [0.25, 0.3) is 0 Å². The van der Waals surface area contributed by atoms with Crippen LogP contribution in [0.1, 0.15) is 24.0 Å². The Morgan fingerprint density at radius 2 is 1.73 bits per heavy atom. The van der Waals surface area contributed by atoms with Crippen LogP contribution in [0.5, 0.6) is 0 Å². The van der Waals surface area contributed by atoms with E-state index in [0.717, 1.165) is 25.2 Å². The third kappa shape index (κ3) is 4.02. The van der Waals surface area contributed by atoms with Gasteiger partial charge in [0.15, 0.2) is 3.74 Å². The number of hydrogen-bond donors (Lipinski definition) is 1. The minimum atomic E-state index is -4.38. The molecule has 0 spiro atoms. The summed E-state index contributed by atoms with van der Waals surface area (Å²) in [6.45, 7) is 1.51. The van der Waals surface area contributed by atoms with Gasteiger partial charge in [0.05, 0.1) is 18.7 Å². The van der Waals surface area contributed by atoms with Crippen molar-refractivity contribution in [3.05, 3.63) is 35.4 Å². The molecule has 3 nitrogen and oxygen atoms in total. The van der Waals surface area contributed by atoms with Crippen molar-refractivity contribution >= 4 is 37.8 Å². The lowest BCUT2D eigenvalue weighted by molar-refractivity contribution is -0.668. The van der Waals surface area contributed by atoms with Crippen LogP contribution in [-0.2, 0) is 21.3 Å². The second kappa shape index (κ2) is 6.88. The van der Waals surface area contributed by atoms with E-state index in [0.29, 0.717) is 18.4 Å². The topological polar surface area (TPSA) is 42.9 Å². The molecule has 2 rings (SSSR count). The third-order valence-electron chi connectivity index (χ3n) is 3.72. The van der Waals surface area contributed by atoms with Crippen molar-refractivity contribution in [1.29, 1.82) is 0 Å². The zero-order valence-corrected chi connectivity index (χ0v) is 14.7. The largest absolute Gasteiger partial charge is 0.452 e. The van der Waals surface area contributed by atoms with Crippen LogP contribution in [0.25, 0.3) is 0 Å². The number of carbonyl (C=O) groups excluding carboxylic acids is 1. The van der Waals surface area contributed by atoms with Crippen LogP contribution in [0.3, 0.4) is 0 Å². The maximum Gasteiger partial charge on any atom is 0.416 e. The summed E-state index contributed by atoms with van der Waals surface area (Å²) >= 11 is 6.17. The molecular weight excluding hydrogens is 431 g/mol. The summed E-state index contributed by atoms with van der Waals surface area (Å²) in [6.07, 6.45) is -3.24. The number of nitrogens with two attached hydrogens (primary N) is 1. The van der Waals surface area contributed by atoms with Gasteiger partial charge in [-0.25, -0.2) is 4.79 Å². The molecule has 1 saturated heterocycles. The maximum absolute atomic E-state index is 12.7. The van der Waals surface area contributed by atoms with Crippen LogP contribution in [0.15, 0.2) is 24.3 Å². The van der Waals surface area contributed by atoms with Gasteiger partial charge in [0, 0.05) is 12.8 Å². The molecule has 0 bridgehead atoms. The summed E-state index contributed by atoms with van der Waals surface area (Å²) in [7, 11) is 0. The van der Waals surface area contributed by atoms with E-state index in [-0.39, 0.29) is 0 Å². The molecule has 0 radical (unpaired) electrons. The Hall–Kier alpha value is -0.600. The minimum Gasteiger partial charge on any atom is -0.452 e. The average molecular weight is 446 g/mol. The average Bonchev–Trinajstić information content (AvgIpc) is 2.47. The molecule has 0 amide bonds. The highest BCUT2D eigenvalue weighted by Gasteiger charge is 2.41. The van der Waals surface area contributed by atoms with E-state index in [4.69, 9.17) is 4.74 Å². The SMILES string of the molecule is O=C(OC1(c2ccc(C(F)(F)F)cc2)CC[NH2+]CC1)C(Br)Br. The van der Waals surface area contributed by atoms with Crippen LogP contribution in [0, 0.1) is 0 Å². The van der Waals surface area contributed by atoms with E-state index in [9.17, 15) is 18.0 Å². The van der Waals surface area contributed by atoms with Crippen molar-refractivity contribution in [2.75, 3.05) is 13.1 Å². The van der Waals surface area contributed by atoms with E-state index in [2.05, 4.69) is 37.2 Å². The Kier molecular flexibility index (Phi) is 5.55. The van der Waals surface area contributed by atoms with Gasteiger partial charge >= 0.3 is 12.1 Å². The molecule has 122 valence electrons. The Labute approximate surface area is 142 Å². The fourth-order valence-electron chi connectivity index (χ4n) is 2.59. The highest BCUT2D eigenvalue weighted by Crippen LogP contribution is 2.37. The first-order valence-corrected chi connectivity index (χ1v) is 8.58. The minimum absolute atomic E-state index is 0.484. The lowest BCUT2D eigenvalue weighted by Gasteiger charge is -2.36. The number of quaternary nitrogens is 1. The van der Waals surface area contributed by atoms with Crippen molar-refractivity contribution in [3.8, 4) is 0 Å². The summed E-state index contributed by atoms with van der Waals surface area (Å²) in [6, 6.07) is 4.86. The molecule has 2 N–H and O–H groups in total. The monoisotopic (exact) mass is 444 g/mol. The maximum atomic E-state index is 12.7. The molecule has 1 aliphatic rings. The second-order valence-corrected chi connectivity index (χ2v) is 8.22. The van der Waals surface area contributed by atoms with Gasteiger partial charge in [-0.3, -0.25) is 0 Å². The Morgan fingerprint density at radius 1 is 1.18 bits per heavy atom. The molecule has 1 fully saturated rings. The normalized spacial score (nSPS) is 18.3. The molecule has 1 aromatic rings. The fraction of sp³-hybridized carbons (Fsp3) is 0.500. The van der Waals surface area contributed by atoms with Crippen LogP contribution in [0.4, 0.5) is 13.2 Å². The van der Waals surface area contributed by atoms with E-state index < -0.39 is 27.0 Å². The molecule has 0 aliphatic carbocycles. The standard InChI is InChI=1S/C14H14Br2F3NO2/c15-11(16)12(21)22-13(5-7-20-8-6-13)9-1-3-10(4-2-9)14(17,18)19/h1-4,11,20H,5-8H2/p+1. The molecule has 0 aromatic heterocycles. The van der Waals surface area contributed by atoms with Gasteiger partial charge in [0.1, 0.15) is 5.60 Å². The molecule has 1 aromatic carbocycles. The van der Waals surface area contributed by atoms with Crippen LogP contribution < -0.4 is 5.32 Å². The van der Waals surface area contributed by atoms with Crippen LogP contribution in [0.2, 0.25) is 0 Å². The molecule has 0 atom stereocenters. The highest BCUT2D eigenvalue weighted by molar-refractivity contribution is 9.25. The van der Waals surface area contributed by atoms with Crippen molar-refractivity contribution in [2.24, 2.45) is 0 Å². The highest BCUT2D eigenvalue weighted by atomic mass is 79.9. The van der Waals surface area contributed by atoms with Crippen molar-refractivity contribution in [1.82, 2.24) is 0 Å². The predicted molar refractivity (Wildman–Crippen MR) is 81.7 cm³/mol. The lowest BCUT2D eigenvalue weighted by atomic mass is 9.84. The number of rotatable bonds is 3. The van der Waals surface area contributed by atoms with E-state index >= 15 is 0 Å². The number of halogens is 5. The van der Waals surface area contributed by atoms with Crippen molar-refractivity contribution < 1.29 is 28.0 Å². The van der Waals surface area contributed by atoms with Crippen LogP contribution >= 0.6 is 31.9 Å². The van der Waals surface area contributed by atoms with Gasteiger partial charge in [-0.05, 0) is 17.7 Å². The fourth-order valence-corrected chi connectivity index (χ4v) is 2.78. The van der Waals surface area contributed by atoms with E-state index in [1.54, 1.807) is 0 Å². The summed E-state index contributed by atoms with van der Waals surface area (Å²) in [5.74, 6) is -0.484. The number of ether oxygens (including phenoxy) is 1. The van der Waals surface area contributed by atoms with E-state index in [1.807, 2.05) is 0 Å². The zero-order chi connectivity index (χ0) is 16.4. The molecule has 22 heavy (non-hydrogen) atoms. The summed E-state index contributed by atoms with van der Waals surface area (Å²) < 4.78 is 43.0. The number of alkyl halides is 5. The van der Waals surface area contributed by atoms with Crippen LogP contribution in [-0.4, -0.2) is 22.8 Å². The van der Waals surface area contributed by atoms with Crippen molar-refractivity contribution in [3.63, 3.8) is 0 Å². The lowest BCUT2D eigenvalue weighted by Crippen LogP contribution is -2.87. The molecular formula is C14H15Br2F3NO2+. The van der Waals surface area contributed by atoms with Gasteiger partial charge in [-0.2, -0.15) is 13.2 Å². The quantitative estimate of drug-likeness (QED) is 0.574. The van der Waals surface area contributed by atoms with Crippen molar-refractivity contribution in [2.45, 2.75) is 28.4 Å².